The summed E-state index contributed by atoms with van der Waals surface area (Å²) in [7, 11) is 1.99. The smallest absolute Gasteiger partial charge is 0.0426 e. The molecule has 0 heterocycles. The van der Waals surface area contributed by atoms with Crippen LogP contribution in [0.15, 0.2) is 18.2 Å². The third-order valence-electron chi connectivity index (χ3n) is 3.42. The van der Waals surface area contributed by atoms with Gasteiger partial charge in [-0.05, 0) is 49.9 Å². The molecule has 0 aromatic heterocycles. The molecule has 2 nitrogen and oxygen atoms in total. The van der Waals surface area contributed by atoms with Gasteiger partial charge in [-0.2, -0.15) is 0 Å². The van der Waals surface area contributed by atoms with Crippen molar-refractivity contribution in [2.45, 2.75) is 32.7 Å². The monoisotopic (exact) mass is 266 g/mol. The summed E-state index contributed by atoms with van der Waals surface area (Å²) in [5, 5.41) is 4.07. The summed E-state index contributed by atoms with van der Waals surface area (Å²) < 4.78 is 0. The van der Waals surface area contributed by atoms with Gasteiger partial charge in [0.15, 0.2) is 0 Å². The second kappa shape index (κ2) is 6.44. The number of hydrogen-bond donors (Lipinski definition) is 1. The van der Waals surface area contributed by atoms with Gasteiger partial charge in [0.25, 0.3) is 0 Å². The molecule has 0 spiro atoms. The van der Waals surface area contributed by atoms with Gasteiger partial charge in [-0.25, -0.2) is 0 Å². The fourth-order valence-electron chi connectivity index (χ4n) is 2.36. The summed E-state index contributed by atoms with van der Waals surface area (Å²) in [5.41, 5.74) is 2.65. The third kappa shape index (κ3) is 3.63. The minimum Gasteiger partial charge on any atom is -0.371 e. The lowest BCUT2D eigenvalue weighted by Crippen LogP contribution is -2.28. The van der Waals surface area contributed by atoms with Crippen molar-refractivity contribution in [2.75, 3.05) is 25.0 Å². The zero-order valence-electron chi connectivity index (χ0n) is 11.4. The van der Waals surface area contributed by atoms with E-state index in [2.05, 4.69) is 29.3 Å². The molecular formula is C15H23ClN2. The first kappa shape index (κ1) is 13.7. The van der Waals surface area contributed by atoms with Crippen LogP contribution in [0.25, 0.3) is 0 Å². The van der Waals surface area contributed by atoms with Crippen LogP contribution in [0.2, 0.25) is 5.02 Å². The number of nitrogens with zero attached hydrogens (tertiary/aromatic N) is 1. The highest BCUT2D eigenvalue weighted by Gasteiger charge is 2.25. The van der Waals surface area contributed by atoms with Crippen molar-refractivity contribution in [1.29, 1.82) is 0 Å². The molecule has 1 aromatic carbocycles. The highest BCUT2D eigenvalue weighted by molar-refractivity contribution is 6.30. The van der Waals surface area contributed by atoms with E-state index in [9.17, 15) is 0 Å². The Morgan fingerprint density at radius 3 is 2.78 bits per heavy atom. The maximum Gasteiger partial charge on any atom is 0.0426 e. The van der Waals surface area contributed by atoms with Gasteiger partial charge in [0, 0.05) is 30.3 Å². The van der Waals surface area contributed by atoms with Gasteiger partial charge in [-0.3, -0.25) is 0 Å². The topological polar surface area (TPSA) is 15.3 Å². The van der Waals surface area contributed by atoms with Crippen LogP contribution in [0.1, 0.15) is 31.7 Å². The van der Waals surface area contributed by atoms with Gasteiger partial charge < -0.3 is 10.2 Å². The van der Waals surface area contributed by atoms with Gasteiger partial charge in [-0.1, -0.05) is 24.6 Å². The predicted octanol–water partition coefficient (Wildman–Crippen LogP) is 3.69. The average molecular weight is 267 g/mol. The Hall–Kier alpha value is -0.730. The maximum atomic E-state index is 6.17. The van der Waals surface area contributed by atoms with Crippen LogP contribution in [0.5, 0.6) is 0 Å². The molecule has 0 saturated heterocycles. The zero-order valence-corrected chi connectivity index (χ0v) is 12.1. The second-order valence-corrected chi connectivity index (χ2v) is 5.63. The minimum absolute atomic E-state index is 0.835. The van der Waals surface area contributed by atoms with Crippen LogP contribution in [0, 0.1) is 5.92 Å². The fourth-order valence-corrected chi connectivity index (χ4v) is 2.53. The lowest BCUT2D eigenvalue weighted by molar-refractivity contribution is 0.699. The van der Waals surface area contributed by atoms with E-state index in [1.165, 1.54) is 37.1 Å². The molecule has 3 heteroatoms. The van der Waals surface area contributed by atoms with Gasteiger partial charge in [0.05, 0.1) is 0 Å². The van der Waals surface area contributed by atoms with Gasteiger partial charge in [0.1, 0.15) is 0 Å². The van der Waals surface area contributed by atoms with Gasteiger partial charge in [-0.15, -0.1) is 0 Å². The summed E-state index contributed by atoms with van der Waals surface area (Å²) in [5.74, 6) is 0.901. The molecule has 2 rings (SSSR count). The molecule has 100 valence electrons. The molecule has 1 aliphatic carbocycles. The molecule has 0 amide bonds. The van der Waals surface area contributed by atoms with Crippen molar-refractivity contribution >= 4 is 17.3 Å². The Kier molecular flexibility index (Phi) is 4.90. The second-order valence-electron chi connectivity index (χ2n) is 5.19. The summed E-state index contributed by atoms with van der Waals surface area (Å²) in [6.07, 6.45) is 3.96. The lowest BCUT2D eigenvalue weighted by atomic mass is 10.1. The van der Waals surface area contributed by atoms with E-state index in [1.807, 2.05) is 13.1 Å². The first-order valence-electron chi connectivity index (χ1n) is 6.92. The predicted molar refractivity (Wildman–Crippen MR) is 79.4 cm³/mol. The standard InChI is InChI=1S/C15H23ClN2/c1-3-8-18(11-12-4-5-12)15-9-14(16)7-6-13(15)10-17-2/h6-7,9,12,17H,3-5,8,10-11H2,1-2H3. The summed E-state index contributed by atoms with van der Waals surface area (Å²) in [4.78, 5) is 2.51. The molecule has 0 atom stereocenters. The van der Waals surface area contributed by atoms with E-state index >= 15 is 0 Å². The van der Waals surface area contributed by atoms with E-state index in [-0.39, 0.29) is 0 Å². The largest absolute Gasteiger partial charge is 0.371 e. The molecule has 18 heavy (non-hydrogen) atoms. The van der Waals surface area contributed by atoms with E-state index in [0.717, 1.165) is 24.0 Å². The number of nitrogens with one attached hydrogen (secondary N) is 1. The maximum absolute atomic E-state index is 6.17. The molecule has 0 unspecified atom stereocenters. The summed E-state index contributed by atoms with van der Waals surface area (Å²) in [6, 6.07) is 6.25. The first-order valence-corrected chi connectivity index (χ1v) is 7.30. The van der Waals surface area contributed by atoms with Crippen LogP contribution in [-0.4, -0.2) is 20.1 Å². The molecular weight excluding hydrogens is 244 g/mol. The minimum atomic E-state index is 0.835. The fraction of sp³-hybridized carbons (Fsp3) is 0.600. The number of halogens is 1. The van der Waals surface area contributed by atoms with Crippen molar-refractivity contribution < 1.29 is 0 Å². The molecule has 0 aliphatic heterocycles. The molecule has 0 bridgehead atoms. The molecule has 1 N–H and O–H groups in total. The number of benzene rings is 1. The lowest BCUT2D eigenvalue weighted by Gasteiger charge is -2.27. The third-order valence-corrected chi connectivity index (χ3v) is 3.66. The van der Waals surface area contributed by atoms with Crippen LogP contribution in [-0.2, 0) is 6.54 Å². The first-order chi connectivity index (χ1) is 8.74. The van der Waals surface area contributed by atoms with E-state index in [0.29, 0.717) is 0 Å². The number of anilines is 1. The van der Waals surface area contributed by atoms with Crippen molar-refractivity contribution in [3.05, 3.63) is 28.8 Å². The van der Waals surface area contributed by atoms with Crippen LogP contribution >= 0.6 is 11.6 Å². The van der Waals surface area contributed by atoms with Crippen LogP contribution in [0.3, 0.4) is 0 Å². The van der Waals surface area contributed by atoms with Crippen molar-refractivity contribution in [3.8, 4) is 0 Å². The van der Waals surface area contributed by atoms with Crippen LogP contribution < -0.4 is 10.2 Å². The highest BCUT2D eigenvalue weighted by atomic mass is 35.5. The average Bonchev–Trinajstić information content (AvgIpc) is 3.15. The highest BCUT2D eigenvalue weighted by Crippen LogP contribution is 2.33. The van der Waals surface area contributed by atoms with Crippen molar-refractivity contribution in [3.63, 3.8) is 0 Å². The quantitative estimate of drug-likeness (QED) is 0.810. The van der Waals surface area contributed by atoms with Crippen LogP contribution in [0.4, 0.5) is 5.69 Å². The normalized spacial score (nSPS) is 14.8. The molecule has 1 aliphatic rings. The van der Waals surface area contributed by atoms with Gasteiger partial charge >= 0.3 is 0 Å². The van der Waals surface area contributed by atoms with Crippen molar-refractivity contribution in [2.24, 2.45) is 5.92 Å². The van der Waals surface area contributed by atoms with E-state index in [1.54, 1.807) is 0 Å². The zero-order chi connectivity index (χ0) is 13.0. The SMILES string of the molecule is CCCN(CC1CC1)c1cc(Cl)ccc1CNC. The molecule has 1 saturated carbocycles. The summed E-state index contributed by atoms with van der Waals surface area (Å²) >= 11 is 6.17. The van der Waals surface area contributed by atoms with E-state index in [4.69, 9.17) is 11.6 Å². The Morgan fingerprint density at radius 1 is 1.39 bits per heavy atom. The molecule has 1 aromatic rings. The van der Waals surface area contributed by atoms with Gasteiger partial charge in [0.2, 0.25) is 0 Å². The number of rotatable bonds is 7. The molecule has 1 fully saturated rings. The summed E-state index contributed by atoms with van der Waals surface area (Å²) in [6.45, 7) is 5.44. The van der Waals surface area contributed by atoms with E-state index < -0.39 is 0 Å². The Bertz CT molecular complexity index is 388. The Morgan fingerprint density at radius 2 is 2.17 bits per heavy atom. The number of hydrogen-bond acceptors (Lipinski definition) is 2. The Labute approximate surface area is 115 Å². The van der Waals surface area contributed by atoms with Crippen molar-refractivity contribution in [1.82, 2.24) is 5.32 Å². The Balaban J connectivity index is 2.21. The molecule has 0 radical (unpaired) electrons.